The van der Waals surface area contributed by atoms with E-state index in [0.717, 1.165) is 24.7 Å². The SMILES string of the molecule is CC1CCN(c2ccc(CN)c(F)c2)CC1C. The molecule has 0 aromatic heterocycles. The fraction of sp³-hybridized carbons (Fsp3) is 0.571. The number of halogens is 1. The minimum Gasteiger partial charge on any atom is -0.371 e. The maximum Gasteiger partial charge on any atom is 0.129 e. The molecule has 17 heavy (non-hydrogen) atoms. The van der Waals surface area contributed by atoms with Gasteiger partial charge >= 0.3 is 0 Å². The second-order valence-corrected chi connectivity index (χ2v) is 5.17. The molecule has 0 spiro atoms. The summed E-state index contributed by atoms with van der Waals surface area (Å²) in [6, 6.07) is 5.40. The van der Waals surface area contributed by atoms with Crippen molar-refractivity contribution >= 4 is 5.69 Å². The van der Waals surface area contributed by atoms with Crippen molar-refractivity contribution in [3.8, 4) is 0 Å². The number of nitrogens with zero attached hydrogens (tertiary/aromatic N) is 1. The fourth-order valence-electron chi connectivity index (χ4n) is 2.40. The minimum absolute atomic E-state index is 0.184. The van der Waals surface area contributed by atoms with Crippen molar-refractivity contribution in [1.29, 1.82) is 0 Å². The van der Waals surface area contributed by atoms with Gasteiger partial charge in [-0.1, -0.05) is 19.9 Å². The Labute approximate surface area is 103 Å². The smallest absolute Gasteiger partial charge is 0.129 e. The van der Waals surface area contributed by atoms with Crippen LogP contribution in [0.15, 0.2) is 18.2 Å². The predicted molar refractivity (Wildman–Crippen MR) is 69.4 cm³/mol. The number of anilines is 1. The van der Waals surface area contributed by atoms with Gasteiger partial charge < -0.3 is 10.6 Å². The number of piperidine rings is 1. The van der Waals surface area contributed by atoms with E-state index in [4.69, 9.17) is 5.73 Å². The molecule has 2 nitrogen and oxygen atoms in total. The van der Waals surface area contributed by atoms with Gasteiger partial charge in [0.2, 0.25) is 0 Å². The Hall–Kier alpha value is -1.09. The molecule has 0 aliphatic carbocycles. The third-order valence-corrected chi connectivity index (χ3v) is 3.96. The van der Waals surface area contributed by atoms with Crippen LogP contribution in [0.4, 0.5) is 10.1 Å². The summed E-state index contributed by atoms with van der Waals surface area (Å²) >= 11 is 0. The van der Waals surface area contributed by atoms with Gasteiger partial charge in [-0.05, 0) is 30.4 Å². The van der Waals surface area contributed by atoms with Crippen LogP contribution >= 0.6 is 0 Å². The average Bonchev–Trinajstić information content (AvgIpc) is 2.32. The lowest BCUT2D eigenvalue weighted by atomic mass is 9.88. The third kappa shape index (κ3) is 2.60. The Kier molecular flexibility index (Phi) is 3.67. The van der Waals surface area contributed by atoms with E-state index >= 15 is 0 Å². The summed E-state index contributed by atoms with van der Waals surface area (Å²) < 4.78 is 13.7. The molecule has 1 saturated heterocycles. The van der Waals surface area contributed by atoms with Crippen molar-refractivity contribution in [3.63, 3.8) is 0 Å². The van der Waals surface area contributed by atoms with Crippen molar-refractivity contribution in [2.75, 3.05) is 18.0 Å². The summed E-state index contributed by atoms with van der Waals surface area (Å²) in [5.41, 5.74) is 7.04. The average molecular weight is 236 g/mol. The largest absolute Gasteiger partial charge is 0.371 e. The van der Waals surface area contributed by atoms with Gasteiger partial charge in [0, 0.05) is 30.9 Å². The number of benzene rings is 1. The minimum atomic E-state index is -0.184. The summed E-state index contributed by atoms with van der Waals surface area (Å²) in [6.07, 6.45) is 1.18. The van der Waals surface area contributed by atoms with E-state index in [9.17, 15) is 4.39 Å². The molecule has 3 heteroatoms. The molecule has 0 bridgehead atoms. The van der Waals surface area contributed by atoms with E-state index in [2.05, 4.69) is 18.7 Å². The third-order valence-electron chi connectivity index (χ3n) is 3.96. The number of nitrogens with two attached hydrogens (primary N) is 1. The van der Waals surface area contributed by atoms with E-state index in [0.29, 0.717) is 11.5 Å². The van der Waals surface area contributed by atoms with Gasteiger partial charge in [-0.3, -0.25) is 0 Å². The topological polar surface area (TPSA) is 29.3 Å². The quantitative estimate of drug-likeness (QED) is 0.855. The number of hydrogen-bond acceptors (Lipinski definition) is 2. The second kappa shape index (κ2) is 5.05. The first kappa shape index (κ1) is 12.4. The van der Waals surface area contributed by atoms with Crippen LogP contribution in [0.5, 0.6) is 0 Å². The Balaban J connectivity index is 2.15. The van der Waals surface area contributed by atoms with Crippen LogP contribution in [0, 0.1) is 17.7 Å². The summed E-state index contributed by atoms with van der Waals surface area (Å²) in [7, 11) is 0. The number of rotatable bonds is 2. The van der Waals surface area contributed by atoms with E-state index in [1.54, 1.807) is 12.1 Å². The zero-order valence-electron chi connectivity index (χ0n) is 10.6. The Morgan fingerprint density at radius 2 is 2.12 bits per heavy atom. The van der Waals surface area contributed by atoms with Crippen LogP contribution in [0.3, 0.4) is 0 Å². The van der Waals surface area contributed by atoms with Crippen molar-refractivity contribution in [2.45, 2.75) is 26.8 Å². The highest BCUT2D eigenvalue weighted by Crippen LogP contribution is 2.27. The van der Waals surface area contributed by atoms with E-state index in [-0.39, 0.29) is 12.4 Å². The highest BCUT2D eigenvalue weighted by Gasteiger charge is 2.23. The zero-order chi connectivity index (χ0) is 12.4. The lowest BCUT2D eigenvalue weighted by molar-refractivity contribution is 0.324. The monoisotopic (exact) mass is 236 g/mol. The molecule has 2 atom stereocenters. The second-order valence-electron chi connectivity index (χ2n) is 5.17. The molecule has 94 valence electrons. The van der Waals surface area contributed by atoms with Crippen LogP contribution in [0.1, 0.15) is 25.8 Å². The maximum absolute atomic E-state index is 13.7. The Bertz CT molecular complexity index is 392. The lowest BCUT2D eigenvalue weighted by Crippen LogP contribution is -2.38. The summed E-state index contributed by atoms with van der Waals surface area (Å²) in [6.45, 7) is 6.86. The highest BCUT2D eigenvalue weighted by atomic mass is 19.1. The first-order chi connectivity index (χ1) is 8.11. The molecular weight excluding hydrogens is 215 g/mol. The zero-order valence-corrected chi connectivity index (χ0v) is 10.6. The molecule has 1 aliphatic heterocycles. The Morgan fingerprint density at radius 1 is 1.35 bits per heavy atom. The molecule has 1 aromatic rings. The standard InChI is InChI=1S/C14H21FN2/c1-10-5-6-17(9-11(10)2)13-4-3-12(8-16)14(15)7-13/h3-4,7,10-11H,5-6,8-9,16H2,1-2H3. The molecule has 0 radical (unpaired) electrons. The van der Waals surface area contributed by atoms with Gasteiger partial charge in [0.15, 0.2) is 0 Å². The molecule has 1 fully saturated rings. The number of hydrogen-bond donors (Lipinski definition) is 1. The maximum atomic E-state index is 13.7. The first-order valence-electron chi connectivity index (χ1n) is 6.35. The first-order valence-corrected chi connectivity index (χ1v) is 6.35. The van der Waals surface area contributed by atoms with Gasteiger partial charge in [-0.2, -0.15) is 0 Å². The van der Waals surface area contributed by atoms with Gasteiger partial charge in [0.05, 0.1) is 0 Å². The van der Waals surface area contributed by atoms with Gasteiger partial charge in [-0.25, -0.2) is 4.39 Å². The van der Waals surface area contributed by atoms with Crippen molar-refractivity contribution < 1.29 is 4.39 Å². The van der Waals surface area contributed by atoms with E-state index in [1.807, 2.05) is 6.07 Å². The van der Waals surface area contributed by atoms with Crippen LogP contribution < -0.4 is 10.6 Å². The van der Waals surface area contributed by atoms with Gasteiger partial charge in [0.1, 0.15) is 5.82 Å². The van der Waals surface area contributed by atoms with Gasteiger partial charge in [0.25, 0.3) is 0 Å². The van der Waals surface area contributed by atoms with Crippen molar-refractivity contribution in [1.82, 2.24) is 0 Å². The van der Waals surface area contributed by atoms with Crippen molar-refractivity contribution in [3.05, 3.63) is 29.6 Å². The van der Waals surface area contributed by atoms with Crippen molar-refractivity contribution in [2.24, 2.45) is 17.6 Å². The lowest BCUT2D eigenvalue weighted by Gasteiger charge is -2.36. The molecule has 2 N–H and O–H groups in total. The highest BCUT2D eigenvalue weighted by molar-refractivity contribution is 5.48. The van der Waals surface area contributed by atoms with E-state index in [1.165, 1.54) is 6.42 Å². The van der Waals surface area contributed by atoms with E-state index < -0.39 is 0 Å². The summed E-state index contributed by atoms with van der Waals surface area (Å²) in [4.78, 5) is 2.27. The van der Waals surface area contributed by atoms with Gasteiger partial charge in [-0.15, -0.1) is 0 Å². The molecule has 0 saturated carbocycles. The van der Waals surface area contributed by atoms with Crippen LogP contribution in [0.25, 0.3) is 0 Å². The van der Waals surface area contributed by atoms with Crippen LogP contribution in [0.2, 0.25) is 0 Å². The molecule has 0 amide bonds. The normalized spacial score (nSPS) is 25.1. The van der Waals surface area contributed by atoms with Crippen LogP contribution in [-0.2, 0) is 6.54 Å². The summed E-state index contributed by atoms with van der Waals surface area (Å²) in [5.74, 6) is 1.25. The summed E-state index contributed by atoms with van der Waals surface area (Å²) in [5, 5.41) is 0. The molecule has 1 aromatic carbocycles. The molecule has 1 aliphatic rings. The molecule has 1 heterocycles. The van der Waals surface area contributed by atoms with Crippen LogP contribution in [-0.4, -0.2) is 13.1 Å². The molecule has 2 unspecified atom stereocenters. The molecular formula is C14H21FN2. The Morgan fingerprint density at radius 3 is 2.71 bits per heavy atom. The molecule has 2 rings (SSSR count). The fourth-order valence-corrected chi connectivity index (χ4v) is 2.40. The predicted octanol–water partition coefficient (Wildman–Crippen LogP) is 2.77.